The molecule has 2 aromatic rings. The lowest BCUT2D eigenvalue weighted by molar-refractivity contribution is 0.243. The number of nitrogens with zero attached hydrogens (tertiary/aromatic N) is 2. The maximum Gasteiger partial charge on any atom is 0.107 e. The molecule has 1 aromatic heterocycles. The summed E-state index contributed by atoms with van der Waals surface area (Å²) >= 11 is 1.75. The van der Waals surface area contributed by atoms with Gasteiger partial charge in [0.05, 0.1) is 5.69 Å². The van der Waals surface area contributed by atoms with Gasteiger partial charge in [-0.1, -0.05) is 24.3 Å². The van der Waals surface area contributed by atoms with Crippen LogP contribution in [-0.2, 0) is 26.1 Å². The number of benzene rings is 1. The first-order valence-electron chi connectivity index (χ1n) is 6.72. The van der Waals surface area contributed by atoms with E-state index in [1.165, 1.54) is 21.8 Å². The average Bonchev–Trinajstić information content (AvgIpc) is 2.86. The van der Waals surface area contributed by atoms with Gasteiger partial charge in [-0.3, -0.25) is 4.90 Å². The molecule has 100 valence electrons. The van der Waals surface area contributed by atoms with Gasteiger partial charge < -0.3 is 5.32 Å². The monoisotopic (exact) mass is 273 g/mol. The zero-order chi connectivity index (χ0) is 13.1. The lowest BCUT2D eigenvalue weighted by Gasteiger charge is -2.27. The van der Waals surface area contributed by atoms with Crippen LogP contribution in [0.25, 0.3) is 0 Å². The molecule has 3 nitrogen and oxygen atoms in total. The predicted molar refractivity (Wildman–Crippen MR) is 79.1 cm³/mol. The van der Waals surface area contributed by atoms with Crippen molar-refractivity contribution in [2.24, 2.45) is 0 Å². The van der Waals surface area contributed by atoms with Gasteiger partial charge in [0.25, 0.3) is 0 Å². The zero-order valence-corrected chi connectivity index (χ0v) is 12.0. The Kier molecular flexibility index (Phi) is 3.92. The van der Waals surface area contributed by atoms with Crippen molar-refractivity contribution in [3.63, 3.8) is 0 Å². The molecular weight excluding hydrogens is 254 g/mol. The van der Waals surface area contributed by atoms with E-state index in [1.807, 2.05) is 7.05 Å². The number of fused-ring (bicyclic) bond motifs is 1. The van der Waals surface area contributed by atoms with E-state index in [9.17, 15) is 0 Å². The molecule has 0 spiro atoms. The van der Waals surface area contributed by atoms with Crippen molar-refractivity contribution in [3.05, 3.63) is 51.5 Å². The Hall–Kier alpha value is -1.23. The van der Waals surface area contributed by atoms with Gasteiger partial charge in [0.2, 0.25) is 0 Å². The van der Waals surface area contributed by atoms with E-state index < -0.39 is 0 Å². The number of thiazole rings is 1. The van der Waals surface area contributed by atoms with Crippen LogP contribution in [0.15, 0.2) is 29.6 Å². The first-order valence-corrected chi connectivity index (χ1v) is 7.60. The van der Waals surface area contributed by atoms with Gasteiger partial charge in [-0.2, -0.15) is 0 Å². The standard InChI is InChI=1S/C15H19N3S/c1-16-8-15-17-14(11-19-15)10-18-7-6-12-4-2-3-5-13(12)9-18/h2-5,11,16H,6-10H2,1H3. The van der Waals surface area contributed by atoms with Crippen molar-refractivity contribution in [3.8, 4) is 0 Å². The van der Waals surface area contributed by atoms with Crippen LogP contribution in [0, 0.1) is 0 Å². The van der Waals surface area contributed by atoms with Crippen LogP contribution in [0.3, 0.4) is 0 Å². The minimum atomic E-state index is 0.869. The number of nitrogens with one attached hydrogen (secondary N) is 1. The minimum absolute atomic E-state index is 0.869. The van der Waals surface area contributed by atoms with Gasteiger partial charge >= 0.3 is 0 Å². The number of hydrogen-bond donors (Lipinski definition) is 1. The number of rotatable bonds is 4. The molecule has 19 heavy (non-hydrogen) atoms. The van der Waals surface area contributed by atoms with Crippen LogP contribution in [-0.4, -0.2) is 23.5 Å². The molecule has 0 fully saturated rings. The molecule has 1 aliphatic heterocycles. The molecule has 0 unspecified atom stereocenters. The summed E-state index contributed by atoms with van der Waals surface area (Å²) in [4.78, 5) is 7.15. The van der Waals surface area contributed by atoms with Crippen molar-refractivity contribution >= 4 is 11.3 Å². The first kappa shape index (κ1) is 12.8. The molecule has 0 amide bonds. The molecule has 1 aliphatic rings. The second-order valence-electron chi connectivity index (χ2n) is 4.99. The van der Waals surface area contributed by atoms with E-state index in [0.717, 1.165) is 32.6 Å². The Labute approximate surface area is 118 Å². The lowest BCUT2D eigenvalue weighted by Crippen LogP contribution is -2.30. The topological polar surface area (TPSA) is 28.2 Å². The quantitative estimate of drug-likeness (QED) is 0.927. The first-order chi connectivity index (χ1) is 9.35. The molecule has 0 saturated carbocycles. The fraction of sp³-hybridized carbons (Fsp3) is 0.400. The van der Waals surface area contributed by atoms with E-state index in [0.29, 0.717) is 0 Å². The third-order valence-electron chi connectivity index (χ3n) is 3.52. The average molecular weight is 273 g/mol. The normalized spacial score (nSPS) is 15.4. The largest absolute Gasteiger partial charge is 0.314 e. The Bertz CT molecular complexity index is 550. The summed E-state index contributed by atoms with van der Waals surface area (Å²) in [5, 5.41) is 6.51. The Morgan fingerprint density at radius 2 is 2.16 bits per heavy atom. The van der Waals surface area contributed by atoms with Crippen molar-refractivity contribution in [2.45, 2.75) is 26.1 Å². The smallest absolute Gasteiger partial charge is 0.107 e. The fourth-order valence-electron chi connectivity index (χ4n) is 2.57. The molecule has 0 bridgehead atoms. The SMILES string of the molecule is CNCc1nc(CN2CCc3ccccc3C2)cs1. The second-order valence-corrected chi connectivity index (χ2v) is 5.93. The molecule has 0 aliphatic carbocycles. The zero-order valence-electron chi connectivity index (χ0n) is 11.2. The summed E-state index contributed by atoms with van der Waals surface area (Å²) < 4.78 is 0. The van der Waals surface area contributed by atoms with Crippen molar-refractivity contribution in [1.29, 1.82) is 0 Å². The highest BCUT2D eigenvalue weighted by Gasteiger charge is 2.16. The molecule has 4 heteroatoms. The number of aromatic nitrogens is 1. The van der Waals surface area contributed by atoms with E-state index in [4.69, 9.17) is 0 Å². The van der Waals surface area contributed by atoms with Gasteiger partial charge in [-0.15, -0.1) is 11.3 Å². The van der Waals surface area contributed by atoms with Crippen LogP contribution in [0.4, 0.5) is 0 Å². The molecular formula is C15H19N3S. The third-order valence-corrected chi connectivity index (χ3v) is 4.42. The van der Waals surface area contributed by atoms with Crippen LogP contribution in [0.2, 0.25) is 0 Å². The third kappa shape index (κ3) is 3.03. The maximum atomic E-state index is 4.66. The van der Waals surface area contributed by atoms with Crippen LogP contribution in [0.1, 0.15) is 21.8 Å². The van der Waals surface area contributed by atoms with E-state index >= 15 is 0 Å². The summed E-state index contributed by atoms with van der Waals surface area (Å²) in [5.41, 5.74) is 4.18. The molecule has 0 radical (unpaired) electrons. The Balaban J connectivity index is 1.65. The van der Waals surface area contributed by atoms with E-state index in [1.54, 1.807) is 11.3 Å². The summed E-state index contributed by atoms with van der Waals surface area (Å²) in [6, 6.07) is 8.77. The van der Waals surface area contributed by atoms with Gasteiger partial charge in [-0.25, -0.2) is 4.98 Å². The highest BCUT2D eigenvalue weighted by molar-refractivity contribution is 7.09. The van der Waals surface area contributed by atoms with Gasteiger partial charge in [0, 0.05) is 31.6 Å². The molecule has 1 aromatic carbocycles. The number of hydrogen-bond acceptors (Lipinski definition) is 4. The van der Waals surface area contributed by atoms with Crippen molar-refractivity contribution < 1.29 is 0 Å². The van der Waals surface area contributed by atoms with Gasteiger partial charge in [0.1, 0.15) is 5.01 Å². The van der Waals surface area contributed by atoms with Gasteiger partial charge in [-0.05, 0) is 24.6 Å². The minimum Gasteiger partial charge on any atom is -0.314 e. The Morgan fingerprint density at radius 3 is 3.00 bits per heavy atom. The highest BCUT2D eigenvalue weighted by Crippen LogP contribution is 2.20. The van der Waals surface area contributed by atoms with Crippen molar-refractivity contribution in [2.75, 3.05) is 13.6 Å². The van der Waals surface area contributed by atoms with E-state index in [2.05, 4.69) is 44.8 Å². The highest BCUT2D eigenvalue weighted by atomic mass is 32.1. The lowest BCUT2D eigenvalue weighted by atomic mass is 10.00. The summed E-state index contributed by atoms with van der Waals surface area (Å²) in [7, 11) is 1.96. The molecule has 2 heterocycles. The van der Waals surface area contributed by atoms with E-state index in [-0.39, 0.29) is 0 Å². The predicted octanol–water partition coefficient (Wildman–Crippen LogP) is 2.42. The fourth-order valence-corrected chi connectivity index (χ4v) is 3.37. The van der Waals surface area contributed by atoms with Crippen LogP contribution in [0.5, 0.6) is 0 Å². The maximum absolute atomic E-state index is 4.66. The molecule has 3 rings (SSSR count). The summed E-state index contributed by atoms with van der Waals surface area (Å²) in [6.45, 7) is 4.02. The summed E-state index contributed by atoms with van der Waals surface area (Å²) in [5.74, 6) is 0. The summed E-state index contributed by atoms with van der Waals surface area (Å²) in [6.07, 6.45) is 1.16. The molecule has 0 atom stereocenters. The van der Waals surface area contributed by atoms with Crippen molar-refractivity contribution in [1.82, 2.24) is 15.2 Å². The second kappa shape index (κ2) is 5.82. The van der Waals surface area contributed by atoms with Crippen LogP contribution >= 0.6 is 11.3 Å². The Morgan fingerprint density at radius 1 is 1.32 bits per heavy atom. The molecule has 0 saturated heterocycles. The van der Waals surface area contributed by atoms with Crippen LogP contribution < -0.4 is 5.32 Å². The molecule has 1 N–H and O–H groups in total. The van der Waals surface area contributed by atoms with Gasteiger partial charge in [0.15, 0.2) is 0 Å².